The third kappa shape index (κ3) is 2.91. The molecule has 0 amide bonds. The third-order valence-corrected chi connectivity index (χ3v) is 6.77. The Morgan fingerprint density at radius 2 is 2.03 bits per heavy atom. The summed E-state index contributed by atoms with van der Waals surface area (Å²) in [6.45, 7) is 1.99. The van der Waals surface area contributed by atoms with Crippen LogP contribution in [-0.4, -0.2) is 42.3 Å². The van der Waals surface area contributed by atoms with Crippen LogP contribution in [0.1, 0.15) is 23.2 Å². The quantitative estimate of drug-likeness (QED) is 0.442. The Morgan fingerprint density at radius 1 is 1.25 bits per heavy atom. The number of nitrogens with zero attached hydrogens (tertiary/aromatic N) is 7. The first-order valence-corrected chi connectivity index (χ1v) is 10.6. The molecule has 3 atom stereocenters. The van der Waals surface area contributed by atoms with E-state index in [4.69, 9.17) is 22.5 Å². The highest BCUT2D eigenvalue weighted by atomic mass is 35.5. The van der Waals surface area contributed by atoms with Gasteiger partial charge in [-0.3, -0.25) is 9.36 Å². The van der Waals surface area contributed by atoms with Gasteiger partial charge in [0.25, 0.3) is 5.56 Å². The first-order valence-electron chi connectivity index (χ1n) is 10.2. The number of hydrogen-bond acceptors (Lipinski definition) is 7. The van der Waals surface area contributed by atoms with E-state index < -0.39 is 0 Å². The number of rotatable bonds is 4. The van der Waals surface area contributed by atoms with Crippen molar-refractivity contribution in [3.63, 3.8) is 0 Å². The maximum atomic E-state index is 12.7. The zero-order chi connectivity index (χ0) is 22.0. The molecule has 1 saturated heterocycles. The van der Waals surface area contributed by atoms with E-state index >= 15 is 0 Å². The fourth-order valence-electron chi connectivity index (χ4n) is 4.74. The van der Waals surface area contributed by atoms with Gasteiger partial charge >= 0.3 is 0 Å². The molecule has 2 fully saturated rings. The van der Waals surface area contributed by atoms with Crippen LogP contribution in [0.2, 0.25) is 5.02 Å². The zero-order valence-electron chi connectivity index (χ0n) is 17.1. The molecule has 4 heterocycles. The Kier molecular flexibility index (Phi) is 4.13. The van der Waals surface area contributed by atoms with Crippen molar-refractivity contribution >= 4 is 28.5 Å². The van der Waals surface area contributed by atoms with Crippen LogP contribution >= 0.6 is 11.6 Å². The first-order chi connectivity index (χ1) is 15.5. The van der Waals surface area contributed by atoms with Crippen LogP contribution in [0.15, 0.2) is 40.2 Å². The number of piperidine rings is 1. The van der Waals surface area contributed by atoms with Gasteiger partial charge in [-0.25, -0.2) is 9.97 Å². The summed E-state index contributed by atoms with van der Waals surface area (Å²) in [5.41, 5.74) is 2.45. The molecule has 0 N–H and O–H groups in total. The van der Waals surface area contributed by atoms with E-state index in [0.717, 1.165) is 18.8 Å². The summed E-state index contributed by atoms with van der Waals surface area (Å²) in [6, 6.07) is 5.82. The van der Waals surface area contributed by atoms with Crippen LogP contribution in [0, 0.1) is 24.2 Å². The van der Waals surface area contributed by atoms with Crippen LogP contribution in [-0.2, 0) is 13.6 Å². The van der Waals surface area contributed by atoms with Crippen LogP contribution in [0.4, 0.5) is 5.69 Å². The molecule has 1 unspecified atom stereocenters. The number of aromatic nitrogens is 6. The maximum absolute atomic E-state index is 12.7. The number of halogens is 1. The molecular formula is C22H18ClN7O2. The highest BCUT2D eigenvalue weighted by molar-refractivity contribution is 6.32. The van der Waals surface area contributed by atoms with Crippen LogP contribution in [0.25, 0.3) is 11.2 Å². The minimum atomic E-state index is -0.191. The van der Waals surface area contributed by atoms with E-state index in [-0.39, 0.29) is 18.0 Å². The average molecular weight is 448 g/mol. The fraction of sp³-hybridized carbons (Fsp3) is 0.318. The Balaban J connectivity index is 1.15. The molecule has 3 aromatic heterocycles. The monoisotopic (exact) mass is 447 g/mol. The lowest BCUT2D eigenvalue weighted by Crippen LogP contribution is -2.24. The zero-order valence-corrected chi connectivity index (χ0v) is 17.9. The summed E-state index contributed by atoms with van der Waals surface area (Å²) >= 11 is 6.26. The second-order valence-electron chi connectivity index (χ2n) is 8.32. The number of benzene rings is 1. The number of terminal acetylenes is 1. The van der Waals surface area contributed by atoms with Crippen LogP contribution in [0.5, 0.6) is 0 Å². The van der Waals surface area contributed by atoms with Gasteiger partial charge in [-0.1, -0.05) is 22.7 Å². The van der Waals surface area contributed by atoms with E-state index in [0.29, 0.717) is 45.3 Å². The van der Waals surface area contributed by atoms with E-state index in [2.05, 4.69) is 30.9 Å². The molecule has 4 aromatic rings. The molecule has 0 spiro atoms. The molecule has 10 heteroatoms. The molecule has 0 radical (unpaired) electrons. The number of anilines is 1. The lowest BCUT2D eigenvalue weighted by atomic mass is 10.2. The summed E-state index contributed by atoms with van der Waals surface area (Å²) in [5.74, 6) is 4.91. The van der Waals surface area contributed by atoms with Gasteiger partial charge in [-0.05, 0) is 30.0 Å². The average Bonchev–Trinajstić information content (AvgIpc) is 3.21. The first kappa shape index (κ1) is 19.1. The largest absolute Gasteiger partial charge is 0.371 e. The predicted octanol–water partition coefficient (Wildman–Crippen LogP) is 2.05. The predicted molar refractivity (Wildman–Crippen MR) is 117 cm³/mol. The number of fused-ring (bicyclic) bond motifs is 2. The normalized spacial score (nSPS) is 21.7. The Bertz CT molecular complexity index is 1450. The lowest BCUT2D eigenvalue weighted by molar-refractivity contribution is 0.363. The van der Waals surface area contributed by atoms with Gasteiger partial charge in [0.2, 0.25) is 5.89 Å². The number of hydrogen-bond donors (Lipinski definition) is 0. The molecule has 1 aliphatic heterocycles. The summed E-state index contributed by atoms with van der Waals surface area (Å²) in [7, 11) is 1.76. The topological polar surface area (TPSA) is 94.9 Å². The SMILES string of the molecule is C#Cc1ccc(N2C[C@@H]3C(c4noc(Cn5cnc6ncn(C)c6c5=O)n4)[C@@H]3C2)cc1Cl. The molecule has 1 aliphatic carbocycles. The van der Waals surface area contributed by atoms with Gasteiger partial charge in [0.15, 0.2) is 17.0 Å². The molecule has 9 nitrogen and oxygen atoms in total. The van der Waals surface area contributed by atoms with E-state index in [9.17, 15) is 4.79 Å². The summed E-state index contributed by atoms with van der Waals surface area (Å²) < 4.78 is 8.56. The van der Waals surface area contributed by atoms with Gasteiger partial charge in [-0.2, -0.15) is 4.98 Å². The highest BCUT2D eigenvalue weighted by Crippen LogP contribution is 2.58. The molecule has 160 valence electrons. The third-order valence-electron chi connectivity index (χ3n) is 6.46. The molecule has 32 heavy (non-hydrogen) atoms. The van der Waals surface area contributed by atoms with Crippen molar-refractivity contribution in [2.45, 2.75) is 12.5 Å². The van der Waals surface area contributed by atoms with Gasteiger partial charge in [0.05, 0.1) is 11.3 Å². The number of imidazole rings is 1. The second kappa shape index (κ2) is 6.93. The van der Waals surface area contributed by atoms with Crippen molar-refractivity contribution in [1.29, 1.82) is 0 Å². The Morgan fingerprint density at radius 3 is 2.78 bits per heavy atom. The highest BCUT2D eigenvalue weighted by Gasteiger charge is 2.58. The van der Waals surface area contributed by atoms with Gasteiger partial charge in [0.1, 0.15) is 12.9 Å². The van der Waals surface area contributed by atoms with Crippen molar-refractivity contribution in [2.24, 2.45) is 18.9 Å². The van der Waals surface area contributed by atoms with E-state index in [1.165, 1.54) is 10.9 Å². The standard InChI is InChI=1S/C22H18ClN7O2/c1-3-12-4-5-13(6-16(12)23)29-7-14-15(8-29)18(14)20-26-17(32-27-20)9-30-11-25-21-19(22(30)31)28(2)10-24-21/h1,4-6,10-11,14-15,18H,7-9H2,2H3/t14-,15+,18?. The minimum absolute atomic E-state index is 0.175. The van der Waals surface area contributed by atoms with Crippen LogP contribution < -0.4 is 10.5 Å². The summed E-state index contributed by atoms with van der Waals surface area (Å²) in [6.07, 6.45) is 8.48. The molecule has 2 aliphatic rings. The Labute approximate surface area is 187 Å². The van der Waals surface area contributed by atoms with Crippen molar-refractivity contribution in [1.82, 2.24) is 29.2 Å². The van der Waals surface area contributed by atoms with Gasteiger partial charge in [0, 0.05) is 37.3 Å². The molecule has 0 bridgehead atoms. The maximum Gasteiger partial charge on any atom is 0.280 e. The van der Waals surface area contributed by atoms with E-state index in [1.54, 1.807) is 17.9 Å². The molecule has 1 aromatic carbocycles. The summed E-state index contributed by atoms with van der Waals surface area (Å²) in [5, 5.41) is 4.79. The summed E-state index contributed by atoms with van der Waals surface area (Å²) in [4.78, 5) is 27.9. The van der Waals surface area contributed by atoms with Crippen molar-refractivity contribution in [3.05, 3.63) is 63.5 Å². The fourth-order valence-corrected chi connectivity index (χ4v) is 4.97. The Hall–Kier alpha value is -3.64. The molecular weight excluding hydrogens is 430 g/mol. The smallest absolute Gasteiger partial charge is 0.280 e. The van der Waals surface area contributed by atoms with Crippen LogP contribution in [0.3, 0.4) is 0 Å². The van der Waals surface area contributed by atoms with Gasteiger partial charge in [-0.15, -0.1) is 6.42 Å². The van der Waals surface area contributed by atoms with Crippen molar-refractivity contribution < 1.29 is 4.52 Å². The molecule has 6 rings (SSSR count). The minimum Gasteiger partial charge on any atom is -0.371 e. The number of aryl methyl sites for hydroxylation is 1. The second-order valence-corrected chi connectivity index (χ2v) is 8.73. The van der Waals surface area contributed by atoms with Crippen molar-refractivity contribution in [3.8, 4) is 12.3 Å². The molecule has 1 saturated carbocycles. The lowest BCUT2D eigenvalue weighted by Gasteiger charge is -2.22. The van der Waals surface area contributed by atoms with E-state index in [1.807, 2.05) is 18.2 Å². The van der Waals surface area contributed by atoms with Crippen molar-refractivity contribution in [2.75, 3.05) is 18.0 Å². The van der Waals surface area contributed by atoms with Gasteiger partial charge < -0.3 is 14.0 Å².